The number of amides is 2. The van der Waals surface area contributed by atoms with Gasteiger partial charge in [-0.2, -0.15) is 0 Å². The minimum absolute atomic E-state index is 0.0270. The van der Waals surface area contributed by atoms with E-state index in [1.54, 1.807) is 12.1 Å². The zero-order valence-electron chi connectivity index (χ0n) is 13.7. The van der Waals surface area contributed by atoms with Crippen LogP contribution < -0.4 is 10.6 Å². The number of rotatable bonds is 4. The predicted molar refractivity (Wildman–Crippen MR) is 99.6 cm³/mol. The highest BCUT2D eigenvalue weighted by Crippen LogP contribution is 2.29. The molecule has 0 fully saturated rings. The summed E-state index contributed by atoms with van der Waals surface area (Å²) >= 11 is 1.53. The first-order valence-electron chi connectivity index (χ1n) is 7.85. The van der Waals surface area contributed by atoms with Gasteiger partial charge in [-0.1, -0.05) is 36.4 Å². The van der Waals surface area contributed by atoms with E-state index < -0.39 is 17.9 Å². The normalized spacial score (nSPS) is 11.9. The molecule has 3 rings (SSSR count). The van der Waals surface area contributed by atoms with Gasteiger partial charge in [0.25, 0.3) is 0 Å². The van der Waals surface area contributed by atoms with Crippen molar-refractivity contribution in [3.05, 3.63) is 65.0 Å². The van der Waals surface area contributed by atoms with E-state index in [2.05, 4.69) is 10.6 Å². The Morgan fingerprint density at radius 3 is 2.60 bits per heavy atom. The summed E-state index contributed by atoms with van der Waals surface area (Å²) in [7, 11) is 0. The van der Waals surface area contributed by atoms with E-state index in [-0.39, 0.29) is 6.54 Å². The molecule has 25 heavy (non-hydrogen) atoms. The fraction of sp³-hybridized carbons (Fsp3) is 0.158. The predicted octanol–water partition coefficient (Wildman–Crippen LogP) is 3.00. The van der Waals surface area contributed by atoms with E-state index in [0.29, 0.717) is 5.69 Å². The molecule has 1 heterocycles. The molecule has 2 aromatic carbocycles. The van der Waals surface area contributed by atoms with Crippen molar-refractivity contribution in [2.24, 2.45) is 0 Å². The van der Waals surface area contributed by atoms with Crippen LogP contribution in [0.3, 0.4) is 0 Å². The Kier molecular flexibility index (Phi) is 5.11. The van der Waals surface area contributed by atoms with Gasteiger partial charge in [-0.05, 0) is 35.4 Å². The van der Waals surface area contributed by atoms with Gasteiger partial charge in [-0.25, -0.2) is 0 Å². The van der Waals surface area contributed by atoms with E-state index in [1.165, 1.54) is 11.3 Å². The van der Waals surface area contributed by atoms with Crippen molar-refractivity contribution < 1.29 is 14.7 Å². The fourth-order valence-corrected chi connectivity index (χ4v) is 3.54. The molecule has 128 valence electrons. The highest BCUT2D eigenvalue weighted by atomic mass is 32.1. The van der Waals surface area contributed by atoms with Gasteiger partial charge in [0.15, 0.2) is 0 Å². The molecule has 5 nitrogen and oxygen atoms in total. The molecule has 0 aliphatic heterocycles. The quantitative estimate of drug-likeness (QED) is 0.630. The minimum atomic E-state index is -0.869. The van der Waals surface area contributed by atoms with Crippen LogP contribution in [0.1, 0.15) is 17.2 Å². The first-order chi connectivity index (χ1) is 12.1. The Balaban J connectivity index is 1.60. The van der Waals surface area contributed by atoms with Gasteiger partial charge in [0.05, 0.1) is 6.10 Å². The van der Waals surface area contributed by atoms with Crippen molar-refractivity contribution in [1.29, 1.82) is 0 Å². The van der Waals surface area contributed by atoms with Gasteiger partial charge in [0.1, 0.15) is 0 Å². The van der Waals surface area contributed by atoms with Crippen molar-refractivity contribution >= 4 is 38.9 Å². The molecule has 0 aliphatic carbocycles. The number of aliphatic hydroxyl groups excluding tert-OH is 1. The van der Waals surface area contributed by atoms with Gasteiger partial charge in [-0.3, -0.25) is 9.59 Å². The summed E-state index contributed by atoms with van der Waals surface area (Å²) in [6.45, 7) is 1.82. The molecular weight excluding hydrogens is 336 g/mol. The summed E-state index contributed by atoms with van der Waals surface area (Å²) in [5.41, 5.74) is 2.21. The number of fused-ring (bicyclic) bond motifs is 1. The molecule has 1 atom stereocenters. The smallest absolute Gasteiger partial charge is 0.313 e. The number of nitrogens with one attached hydrogen (secondary N) is 2. The van der Waals surface area contributed by atoms with Crippen LogP contribution in [0.25, 0.3) is 10.1 Å². The molecule has 1 aromatic heterocycles. The first-order valence-corrected chi connectivity index (χ1v) is 8.73. The van der Waals surface area contributed by atoms with Crippen molar-refractivity contribution in [1.82, 2.24) is 5.32 Å². The van der Waals surface area contributed by atoms with Crippen LogP contribution in [-0.4, -0.2) is 23.5 Å². The summed E-state index contributed by atoms with van der Waals surface area (Å²) in [5.74, 6) is -1.53. The molecule has 0 saturated carbocycles. The Morgan fingerprint density at radius 1 is 1.08 bits per heavy atom. The Bertz CT molecular complexity index is 920. The molecule has 2 amide bonds. The van der Waals surface area contributed by atoms with Crippen molar-refractivity contribution in [3.8, 4) is 0 Å². The summed E-state index contributed by atoms with van der Waals surface area (Å²) in [6, 6.07) is 15.0. The zero-order chi connectivity index (χ0) is 17.8. The second kappa shape index (κ2) is 7.46. The van der Waals surface area contributed by atoms with Crippen LogP contribution in [0.4, 0.5) is 5.69 Å². The van der Waals surface area contributed by atoms with Gasteiger partial charge >= 0.3 is 11.8 Å². The monoisotopic (exact) mass is 354 g/mol. The average molecular weight is 354 g/mol. The van der Waals surface area contributed by atoms with Gasteiger partial charge in [0, 0.05) is 22.5 Å². The largest absolute Gasteiger partial charge is 0.387 e. The van der Waals surface area contributed by atoms with Crippen LogP contribution in [0.15, 0.2) is 53.9 Å². The third-order valence-electron chi connectivity index (χ3n) is 3.93. The number of carbonyl (C=O) groups is 2. The van der Waals surface area contributed by atoms with Crippen LogP contribution in [0.2, 0.25) is 0 Å². The van der Waals surface area contributed by atoms with Crippen LogP contribution >= 0.6 is 11.3 Å². The summed E-state index contributed by atoms with van der Waals surface area (Å²) in [4.78, 5) is 23.9. The van der Waals surface area contributed by atoms with Gasteiger partial charge < -0.3 is 15.7 Å². The number of aryl methyl sites for hydroxylation is 1. The Morgan fingerprint density at radius 2 is 1.80 bits per heavy atom. The minimum Gasteiger partial charge on any atom is -0.387 e. The molecule has 6 heteroatoms. The number of carbonyl (C=O) groups excluding carboxylic acids is 2. The van der Waals surface area contributed by atoms with E-state index in [4.69, 9.17) is 0 Å². The van der Waals surface area contributed by atoms with Crippen molar-refractivity contribution in [2.75, 3.05) is 11.9 Å². The van der Waals surface area contributed by atoms with E-state index in [1.807, 2.05) is 48.7 Å². The number of hydrogen-bond acceptors (Lipinski definition) is 4. The standard InChI is InChI=1S/C19H18N2O3S/c1-12-6-2-4-8-15(12)21-19(24)18(23)20-10-16(22)14-11-25-17-9-5-3-7-13(14)17/h2-9,11,16,22H,10H2,1H3,(H,20,23)(H,21,24). The van der Waals surface area contributed by atoms with E-state index in [9.17, 15) is 14.7 Å². The molecule has 3 N–H and O–H groups in total. The molecule has 1 unspecified atom stereocenters. The molecule has 0 spiro atoms. The number of anilines is 1. The second-order valence-electron chi connectivity index (χ2n) is 5.68. The molecule has 0 aliphatic rings. The highest BCUT2D eigenvalue weighted by Gasteiger charge is 2.18. The molecule has 3 aromatic rings. The topological polar surface area (TPSA) is 78.4 Å². The number of para-hydroxylation sites is 1. The lowest BCUT2D eigenvalue weighted by atomic mass is 10.1. The second-order valence-corrected chi connectivity index (χ2v) is 6.59. The fourth-order valence-electron chi connectivity index (χ4n) is 2.53. The Labute approximate surface area is 149 Å². The third-order valence-corrected chi connectivity index (χ3v) is 4.91. The maximum Gasteiger partial charge on any atom is 0.313 e. The summed E-state index contributed by atoms with van der Waals surface area (Å²) in [6.07, 6.45) is -0.869. The Hall–Kier alpha value is -2.70. The lowest BCUT2D eigenvalue weighted by Gasteiger charge is -2.12. The third kappa shape index (κ3) is 3.87. The highest BCUT2D eigenvalue weighted by molar-refractivity contribution is 7.17. The number of hydrogen-bond donors (Lipinski definition) is 3. The van der Waals surface area contributed by atoms with E-state index >= 15 is 0 Å². The lowest BCUT2D eigenvalue weighted by Crippen LogP contribution is -2.37. The maximum absolute atomic E-state index is 12.0. The summed E-state index contributed by atoms with van der Waals surface area (Å²) < 4.78 is 1.07. The van der Waals surface area contributed by atoms with E-state index in [0.717, 1.165) is 21.2 Å². The average Bonchev–Trinajstić information content (AvgIpc) is 3.05. The maximum atomic E-state index is 12.0. The van der Waals surface area contributed by atoms with Gasteiger partial charge in [0.2, 0.25) is 0 Å². The van der Waals surface area contributed by atoms with Gasteiger partial charge in [-0.15, -0.1) is 11.3 Å². The zero-order valence-corrected chi connectivity index (χ0v) is 14.5. The molecule has 0 saturated heterocycles. The number of aliphatic hydroxyl groups is 1. The number of benzene rings is 2. The van der Waals surface area contributed by atoms with Crippen molar-refractivity contribution in [2.45, 2.75) is 13.0 Å². The first kappa shape index (κ1) is 17.1. The molecule has 0 bridgehead atoms. The van der Waals surface area contributed by atoms with Crippen LogP contribution in [0.5, 0.6) is 0 Å². The molecular formula is C19H18N2O3S. The number of thiophene rings is 1. The van der Waals surface area contributed by atoms with Crippen molar-refractivity contribution in [3.63, 3.8) is 0 Å². The lowest BCUT2D eigenvalue weighted by molar-refractivity contribution is -0.136. The van der Waals surface area contributed by atoms with Crippen LogP contribution in [-0.2, 0) is 9.59 Å². The molecule has 0 radical (unpaired) electrons. The summed E-state index contributed by atoms with van der Waals surface area (Å²) in [5, 5.41) is 18.2. The van der Waals surface area contributed by atoms with Crippen LogP contribution in [0, 0.1) is 6.92 Å². The SMILES string of the molecule is Cc1ccccc1NC(=O)C(=O)NCC(O)c1csc2ccccc12.